The molecule has 1 amide bonds. The van der Waals surface area contributed by atoms with Gasteiger partial charge in [-0.15, -0.1) is 0 Å². The van der Waals surface area contributed by atoms with Gasteiger partial charge in [0.1, 0.15) is 0 Å². The fourth-order valence-corrected chi connectivity index (χ4v) is 1.28. The molecule has 0 aliphatic carbocycles. The zero-order valence-corrected chi connectivity index (χ0v) is 11.1. The Morgan fingerprint density at radius 1 is 0.867 bits per heavy atom. The number of carbonyl (C=O) groups is 1. The van der Waals surface area contributed by atoms with Crippen LogP contribution in [-0.4, -0.2) is 49.9 Å². The average molecular weight is 216 g/mol. The first-order chi connectivity index (χ1) is 7.12. The molecule has 15 heavy (non-hydrogen) atoms. The van der Waals surface area contributed by atoms with E-state index in [-0.39, 0.29) is 0 Å². The summed E-state index contributed by atoms with van der Waals surface area (Å²) >= 11 is 0. The van der Waals surface area contributed by atoms with Gasteiger partial charge in [-0.3, -0.25) is 4.79 Å². The molecule has 0 aliphatic rings. The molecule has 0 rings (SSSR count). The van der Waals surface area contributed by atoms with Crippen LogP contribution in [0.3, 0.4) is 0 Å². The van der Waals surface area contributed by atoms with Gasteiger partial charge in [0.2, 0.25) is 6.41 Å². The molecular weight excluding hydrogens is 188 g/mol. The maximum absolute atomic E-state index is 9.43. The summed E-state index contributed by atoms with van der Waals surface area (Å²) in [6.45, 7) is 10.6. The summed E-state index contributed by atoms with van der Waals surface area (Å²) in [7, 11) is 3.38. The molecule has 3 nitrogen and oxygen atoms in total. The summed E-state index contributed by atoms with van der Waals surface area (Å²) < 4.78 is 0. The third-order valence-corrected chi connectivity index (χ3v) is 1.83. The first kappa shape index (κ1) is 16.8. The van der Waals surface area contributed by atoms with Gasteiger partial charge in [-0.05, 0) is 38.9 Å². The van der Waals surface area contributed by atoms with Crippen molar-refractivity contribution in [3.05, 3.63) is 0 Å². The minimum atomic E-state index is 0.750. The molecule has 0 heterocycles. The maximum Gasteiger partial charge on any atom is 0.209 e. The van der Waals surface area contributed by atoms with Gasteiger partial charge in [-0.25, -0.2) is 0 Å². The van der Waals surface area contributed by atoms with Gasteiger partial charge in [0.25, 0.3) is 0 Å². The summed E-state index contributed by atoms with van der Waals surface area (Å²) in [5.41, 5.74) is 0. The summed E-state index contributed by atoms with van der Waals surface area (Å²) in [6, 6.07) is 0. The Hall–Kier alpha value is -0.570. The van der Waals surface area contributed by atoms with Gasteiger partial charge in [0.15, 0.2) is 0 Å². The van der Waals surface area contributed by atoms with E-state index in [9.17, 15) is 4.79 Å². The number of carbonyl (C=O) groups excluding carboxylic acids is 1. The SMILES string of the molecule is CCCN(CCC)CCC.CN(C)C=O. The van der Waals surface area contributed by atoms with Crippen LogP contribution in [0.25, 0.3) is 0 Å². The van der Waals surface area contributed by atoms with Crippen LogP contribution in [0.15, 0.2) is 0 Å². The summed E-state index contributed by atoms with van der Waals surface area (Å²) in [5, 5.41) is 0. The van der Waals surface area contributed by atoms with E-state index in [0.717, 1.165) is 6.41 Å². The van der Waals surface area contributed by atoms with Crippen LogP contribution < -0.4 is 0 Å². The van der Waals surface area contributed by atoms with Gasteiger partial charge in [0, 0.05) is 14.1 Å². The van der Waals surface area contributed by atoms with Gasteiger partial charge >= 0.3 is 0 Å². The van der Waals surface area contributed by atoms with Crippen molar-refractivity contribution in [3.8, 4) is 0 Å². The highest BCUT2D eigenvalue weighted by Gasteiger charge is 1.98. The quantitative estimate of drug-likeness (QED) is 0.609. The molecule has 0 radical (unpaired) electrons. The highest BCUT2D eigenvalue weighted by Crippen LogP contribution is 1.94. The van der Waals surface area contributed by atoms with Crippen molar-refractivity contribution in [2.75, 3.05) is 33.7 Å². The maximum atomic E-state index is 9.43. The molecular formula is C12H28N2O. The summed E-state index contributed by atoms with van der Waals surface area (Å²) in [5.74, 6) is 0. The first-order valence-electron chi connectivity index (χ1n) is 5.96. The van der Waals surface area contributed by atoms with Crippen LogP contribution >= 0.6 is 0 Å². The van der Waals surface area contributed by atoms with E-state index >= 15 is 0 Å². The van der Waals surface area contributed by atoms with Crippen LogP contribution in [0.1, 0.15) is 40.0 Å². The van der Waals surface area contributed by atoms with Crippen molar-refractivity contribution in [1.82, 2.24) is 9.80 Å². The standard InChI is InChI=1S/C9H21N.C3H7NO/c1-4-7-10(8-5-2)9-6-3;1-4(2)3-5/h4-9H2,1-3H3;3H,1-2H3. The molecule has 0 fully saturated rings. The van der Waals surface area contributed by atoms with E-state index in [1.165, 1.54) is 43.8 Å². The molecule has 0 aromatic rings. The van der Waals surface area contributed by atoms with Crippen LogP contribution in [-0.2, 0) is 4.79 Å². The lowest BCUT2D eigenvalue weighted by Crippen LogP contribution is -2.25. The lowest BCUT2D eigenvalue weighted by Gasteiger charge is -2.19. The first-order valence-corrected chi connectivity index (χ1v) is 5.96. The molecule has 0 saturated carbocycles. The minimum Gasteiger partial charge on any atom is -0.351 e. The third kappa shape index (κ3) is 16.1. The molecule has 0 aromatic heterocycles. The van der Waals surface area contributed by atoms with Crippen LogP contribution in [0.2, 0.25) is 0 Å². The van der Waals surface area contributed by atoms with Gasteiger partial charge < -0.3 is 9.80 Å². The number of rotatable bonds is 7. The monoisotopic (exact) mass is 216 g/mol. The highest BCUT2D eigenvalue weighted by molar-refractivity contribution is 5.45. The molecule has 0 atom stereocenters. The molecule has 0 aromatic carbocycles. The van der Waals surface area contributed by atoms with E-state index in [1.807, 2.05) is 0 Å². The number of nitrogens with zero attached hydrogens (tertiary/aromatic N) is 2. The predicted octanol–water partition coefficient (Wildman–Crippen LogP) is 2.22. The second-order valence-electron chi connectivity index (χ2n) is 3.91. The van der Waals surface area contributed by atoms with Crippen molar-refractivity contribution in [2.24, 2.45) is 0 Å². The topological polar surface area (TPSA) is 23.6 Å². The smallest absolute Gasteiger partial charge is 0.209 e. The Balaban J connectivity index is 0. The van der Waals surface area contributed by atoms with Crippen molar-refractivity contribution in [2.45, 2.75) is 40.0 Å². The van der Waals surface area contributed by atoms with E-state index in [0.29, 0.717) is 0 Å². The van der Waals surface area contributed by atoms with Crippen molar-refractivity contribution in [1.29, 1.82) is 0 Å². The lowest BCUT2D eigenvalue weighted by molar-refractivity contribution is -0.115. The fourth-order valence-electron chi connectivity index (χ4n) is 1.28. The Morgan fingerprint density at radius 2 is 1.13 bits per heavy atom. The molecule has 3 heteroatoms. The fraction of sp³-hybridized carbons (Fsp3) is 0.917. The molecule has 0 saturated heterocycles. The Labute approximate surface area is 95.4 Å². The summed E-state index contributed by atoms with van der Waals surface area (Å²) in [6.07, 6.45) is 4.62. The molecule has 0 spiro atoms. The Morgan fingerprint density at radius 3 is 1.27 bits per heavy atom. The second kappa shape index (κ2) is 13.4. The Kier molecular flexibility index (Phi) is 15.1. The second-order valence-corrected chi connectivity index (χ2v) is 3.91. The van der Waals surface area contributed by atoms with Crippen LogP contribution in [0, 0.1) is 0 Å². The van der Waals surface area contributed by atoms with Crippen molar-refractivity contribution in [3.63, 3.8) is 0 Å². The lowest BCUT2D eigenvalue weighted by atomic mass is 10.3. The van der Waals surface area contributed by atoms with E-state index in [1.54, 1.807) is 14.1 Å². The highest BCUT2D eigenvalue weighted by atomic mass is 16.1. The van der Waals surface area contributed by atoms with Gasteiger partial charge in [0.05, 0.1) is 0 Å². The average Bonchev–Trinajstić information content (AvgIpc) is 2.20. The van der Waals surface area contributed by atoms with E-state index in [2.05, 4.69) is 25.7 Å². The number of hydrogen-bond donors (Lipinski definition) is 0. The van der Waals surface area contributed by atoms with Crippen LogP contribution in [0.5, 0.6) is 0 Å². The van der Waals surface area contributed by atoms with Gasteiger partial charge in [-0.1, -0.05) is 20.8 Å². The zero-order valence-electron chi connectivity index (χ0n) is 11.1. The zero-order chi connectivity index (χ0) is 12.1. The largest absolute Gasteiger partial charge is 0.351 e. The van der Waals surface area contributed by atoms with Crippen molar-refractivity contribution < 1.29 is 4.79 Å². The molecule has 0 N–H and O–H groups in total. The molecule has 0 bridgehead atoms. The van der Waals surface area contributed by atoms with Gasteiger partial charge in [-0.2, -0.15) is 0 Å². The molecule has 0 aliphatic heterocycles. The normalized spacial score (nSPS) is 9.47. The molecule has 0 unspecified atom stereocenters. The van der Waals surface area contributed by atoms with Crippen molar-refractivity contribution >= 4 is 6.41 Å². The minimum absolute atomic E-state index is 0.750. The predicted molar refractivity (Wildman–Crippen MR) is 67.1 cm³/mol. The number of hydrogen-bond acceptors (Lipinski definition) is 2. The van der Waals surface area contributed by atoms with E-state index in [4.69, 9.17) is 0 Å². The Bertz CT molecular complexity index is 113. The summed E-state index contributed by atoms with van der Waals surface area (Å²) in [4.78, 5) is 13.4. The number of amides is 1. The molecule has 92 valence electrons. The third-order valence-electron chi connectivity index (χ3n) is 1.83. The van der Waals surface area contributed by atoms with E-state index < -0.39 is 0 Å². The van der Waals surface area contributed by atoms with Crippen LogP contribution in [0.4, 0.5) is 0 Å².